The van der Waals surface area contributed by atoms with E-state index in [4.69, 9.17) is 4.74 Å². The van der Waals surface area contributed by atoms with Gasteiger partial charge >= 0.3 is 0 Å². The van der Waals surface area contributed by atoms with Gasteiger partial charge in [0.25, 0.3) is 0 Å². The van der Waals surface area contributed by atoms with Gasteiger partial charge in [-0.25, -0.2) is 0 Å². The molecule has 1 N–H and O–H groups in total. The van der Waals surface area contributed by atoms with Crippen LogP contribution in [0.4, 0.5) is 5.69 Å². The van der Waals surface area contributed by atoms with Crippen molar-refractivity contribution in [2.45, 2.75) is 13.0 Å². The monoisotopic (exact) mass is 312 g/mol. The summed E-state index contributed by atoms with van der Waals surface area (Å²) in [5.74, 6) is 0.239. The molecule has 1 atom stereocenters. The molecule has 1 fully saturated rings. The van der Waals surface area contributed by atoms with Crippen LogP contribution in [0.25, 0.3) is 0 Å². The van der Waals surface area contributed by atoms with E-state index in [0.717, 1.165) is 4.47 Å². The molecule has 0 aliphatic carbocycles. The number of halogens is 1. The Hall–Kier alpha value is -1.56. The van der Waals surface area contributed by atoms with Gasteiger partial charge in [0.2, 0.25) is 11.8 Å². The molecule has 6 heteroatoms. The second-order valence-electron chi connectivity index (χ2n) is 3.97. The van der Waals surface area contributed by atoms with Crippen LogP contribution in [-0.4, -0.2) is 31.5 Å². The third kappa shape index (κ3) is 2.20. The minimum atomic E-state index is -0.547. The maximum Gasteiger partial charge on any atom is 0.247 e. The highest BCUT2D eigenvalue weighted by Gasteiger charge is 2.33. The molecule has 1 saturated heterocycles. The Morgan fingerprint density at radius 2 is 2.17 bits per heavy atom. The van der Waals surface area contributed by atoms with Crippen molar-refractivity contribution >= 4 is 33.4 Å². The van der Waals surface area contributed by atoms with Crippen molar-refractivity contribution < 1.29 is 14.3 Å². The predicted octanol–water partition coefficient (Wildman–Crippen LogP) is 1.31. The van der Waals surface area contributed by atoms with Gasteiger partial charge in [0.1, 0.15) is 11.8 Å². The number of anilines is 1. The van der Waals surface area contributed by atoms with Crippen LogP contribution in [0.3, 0.4) is 0 Å². The number of nitrogens with zero attached hydrogens (tertiary/aromatic N) is 1. The zero-order valence-corrected chi connectivity index (χ0v) is 11.7. The normalized spacial score (nSPS) is 19.7. The lowest BCUT2D eigenvalue weighted by atomic mass is 10.1. The summed E-state index contributed by atoms with van der Waals surface area (Å²) in [6.45, 7) is 1.70. The molecule has 1 aromatic carbocycles. The Morgan fingerprint density at radius 1 is 1.44 bits per heavy atom. The summed E-state index contributed by atoms with van der Waals surface area (Å²) >= 11 is 3.35. The van der Waals surface area contributed by atoms with Crippen LogP contribution in [0.5, 0.6) is 5.75 Å². The molecular weight excluding hydrogens is 300 g/mol. The van der Waals surface area contributed by atoms with Crippen molar-refractivity contribution in [3.8, 4) is 5.75 Å². The fraction of sp³-hybridized carbons (Fsp3) is 0.333. The fourth-order valence-electron chi connectivity index (χ4n) is 1.92. The van der Waals surface area contributed by atoms with Gasteiger partial charge in [-0.2, -0.15) is 0 Å². The highest BCUT2D eigenvalue weighted by molar-refractivity contribution is 9.10. The van der Waals surface area contributed by atoms with Crippen LogP contribution in [0.1, 0.15) is 6.92 Å². The summed E-state index contributed by atoms with van der Waals surface area (Å²) < 4.78 is 6.06. The van der Waals surface area contributed by atoms with Gasteiger partial charge in [-0.3, -0.25) is 14.5 Å². The molecule has 2 amide bonds. The highest BCUT2D eigenvalue weighted by atomic mass is 79.9. The lowest BCUT2D eigenvalue weighted by Crippen LogP contribution is -2.57. The van der Waals surface area contributed by atoms with Gasteiger partial charge in [0.05, 0.1) is 19.3 Å². The Bertz CT molecular complexity index is 504. The van der Waals surface area contributed by atoms with Gasteiger partial charge in [0, 0.05) is 4.47 Å². The number of hydrogen-bond donors (Lipinski definition) is 1. The molecular formula is C12H13BrN2O3. The lowest BCUT2D eigenvalue weighted by molar-refractivity contribution is -0.130. The van der Waals surface area contributed by atoms with Crippen molar-refractivity contribution in [1.29, 1.82) is 0 Å². The molecule has 1 aliphatic heterocycles. The average Bonchev–Trinajstić information content (AvgIpc) is 2.35. The number of amides is 2. The van der Waals surface area contributed by atoms with Crippen molar-refractivity contribution in [3.63, 3.8) is 0 Å². The van der Waals surface area contributed by atoms with Crippen molar-refractivity contribution in [1.82, 2.24) is 5.32 Å². The topological polar surface area (TPSA) is 58.6 Å². The van der Waals surface area contributed by atoms with Crippen molar-refractivity contribution in [3.05, 3.63) is 22.7 Å². The maximum atomic E-state index is 12.0. The van der Waals surface area contributed by atoms with Gasteiger partial charge in [-0.05, 0) is 25.1 Å². The third-order valence-electron chi connectivity index (χ3n) is 2.85. The minimum absolute atomic E-state index is 0.0127. The van der Waals surface area contributed by atoms with Crippen LogP contribution < -0.4 is 15.0 Å². The molecule has 0 aromatic heterocycles. The molecule has 1 unspecified atom stereocenters. The lowest BCUT2D eigenvalue weighted by Gasteiger charge is -2.33. The van der Waals surface area contributed by atoms with E-state index in [0.29, 0.717) is 11.4 Å². The number of ether oxygens (including phenoxy) is 1. The molecule has 1 heterocycles. The molecule has 2 rings (SSSR count). The molecule has 0 spiro atoms. The zero-order chi connectivity index (χ0) is 13.3. The van der Waals surface area contributed by atoms with Gasteiger partial charge < -0.3 is 10.1 Å². The van der Waals surface area contributed by atoms with E-state index in [1.165, 1.54) is 12.0 Å². The fourth-order valence-corrected chi connectivity index (χ4v) is 2.27. The molecule has 5 nitrogen and oxygen atoms in total. The molecule has 18 heavy (non-hydrogen) atoms. The van der Waals surface area contributed by atoms with Crippen LogP contribution >= 0.6 is 15.9 Å². The van der Waals surface area contributed by atoms with E-state index < -0.39 is 6.04 Å². The predicted molar refractivity (Wildman–Crippen MR) is 70.7 cm³/mol. The van der Waals surface area contributed by atoms with E-state index >= 15 is 0 Å². The maximum absolute atomic E-state index is 12.0. The molecule has 0 saturated carbocycles. The first-order valence-electron chi connectivity index (χ1n) is 5.48. The number of carbonyl (C=O) groups excluding carboxylic acids is 2. The largest absolute Gasteiger partial charge is 0.495 e. The SMILES string of the molecule is COc1ccc(Br)cc1N1C(=O)CNC(=O)C1C. The summed E-state index contributed by atoms with van der Waals surface area (Å²) in [6.07, 6.45) is 0. The number of piperazine rings is 1. The first-order chi connectivity index (χ1) is 8.54. The second kappa shape index (κ2) is 4.97. The van der Waals surface area contributed by atoms with Gasteiger partial charge in [-0.15, -0.1) is 0 Å². The first-order valence-corrected chi connectivity index (χ1v) is 6.27. The van der Waals surface area contributed by atoms with Crippen LogP contribution in [0.15, 0.2) is 22.7 Å². The highest BCUT2D eigenvalue weighted by Crippen LogP contribution is 2.33. The number of nitrogens with one attached hydrogen (secondary N) is 1. The van der Waals surface area contributed by atoms with E-state index in [1.807, 2.05) is 6.07 Å². The van der Waals surface area contributed by atoms with Gasteiger partial charge in [0.15, 0.2) is 0 Å². The molecule has 1 aliphatic rings. The Labute approximate surface area is 113 Å². The number of hydrogen-bond acceptors (Lipinski definition) is 3. The number of benzene rings is 1. The number of rotatable bonds is 2. The van der Waals surface area contributed by atoms with Crippen molar-refractivity contribution in [2.24, 2.45) is 0 Å². The van der Waals surface area contributed by atoms with Crippen LogP contribution in [0, 0.1) is 0 Å². The average molecular weight is 313 g/mol. The molecule has 0 radical (unpaired) electrons. The molecule has 0 bridgehead atoms. The summed E-state index contributed by atoms with van der Waals surface area (Å²) in [4.78, 5) is 25.1. The molecule has 1 aromatic rings. The third-order valence-corrected chi connectivity index (χ3v) is 3.34. The van der Waals surface area contributed by atoms with Crippen molar-refractivity contribution in [2.75, 3.05) is 18.6 Å². The van der Waals surface area contributed by atoms with E-state index in [1.54, 1.807) is 19.1 Å². The number of carbonyl (C=O) groups is 2. The summed E-state index contributed by atoms with van der Waals surface area (Å²) in [7, 11) is 1.53. The second-order valence-corrected chi connectivity index (χ2v) is 4.89. The number of methoxy groups -OCH3 is 1. The summed E-state index contributed by atoms with van der Waals surface area (Å²) in [5, 5.41) is 2.55. The summed E-state index contributed by atoms with van der Waals surface area (Å²) in [6, 6.07) is 4.80. The van der Waals surface area contributed by atoms with E-state index in [-0.39, 0.29) is 18.4 Å². The first kappa shape index (κ1) is 12.9. The van der Waals surface area contributed by atoms with Crippen LogP contribution in [-0.2, 0) is 9.59 Å². The summed E-state index contributed by atoms with van der Waals surface area (Å²) in [5.41, 5.74) is 0.597. The zero-order valence-electron chi connectivity index (χ0n) is 10.1. The quantitative estimate of drug-likeness (QED) is 0.895. The van der Waals surface area contributed by atoms with E-state index in [2.05, 4.69) is 21.2 Å². The smallest absolute Gasteiger partial charge is 0.247 e. The Kier molecular flexibility index (Phi) is 3.56. The van der Waals surface area contributed by atoms with Gasteiger partial charge in [-0.1, -0.05) is 15.9 Å². The Morgan fingerprint density at radius 3 is 2.83 bits per heavy atom. The van der Waals surface area contributed by atoms with Crippen LogP contribution in [0.2, 0.25) is 0 Å². The Balaban J connectivity index is 2.48. The molecule has 96 valence electrons. The minimum Gasteiger partial charge on any atom is -0.495 e. The standard InChI is InChI=1S/C12H13BrN2O3/c1-7-12(17)14-6-11(16)15(7)9-5-8(13)3-4-10(9)18-2/h3-5,7H,6H2,1-2H3,(H,14,17). The van der Waals surface area contributed by atoms with E-state index in [9.17, 15) is 9.59 Å².